The summed E-state index contributed by atoms with van der Waals surface area (Å²) in [6.45, 7) is 9.22. The van der Waals surface area contributed by atoms with E-state index in [1.807, 2.05) is 30.0 Å². The zero-order valence-corrected chi connectivity index (χ0v) is 21.0. The molecule has 1 aliphatic heterocycles. The average Bonchev–Trinajstić information content (AvgIpc) is 2.65. The van der Waals surface area contributed by atoms with Gasteiger partial charge < -0.3 is 19.3 Å². The van der Waals surface area contributed by atoms with Gasteiger partial charge in [0.2, 0.25) is 0 Å². The van der Waals surface area contributed by atoms with Crippen molar-refractivity contribution >= 4 is 47.0 Å². The van der Waals surface area contributed by atoms with Gasteiger partial charge in [-0.15, -0.1) is 11.8 Å². The van der Waals surface area contributed by atoms with Gasteiger partial charge in [-0.05, 0) is 43.3 Å². The van der Waals surface area contributed by atoms with E-state index in [2.05, 4.69) is 32.9 Å². The first-order valence-corrected chi connectivity index (χ1v) is 11.5. The third-order valence-electron chi connectivity index (χ3n) is 4.69. The van der Waals surface area contributed by atoms with Crippen molar-refractivity contribution in [1.82, 2.24) is 9.80 Å². The normalized spacial score (nSPS) is 16.1. The highest BCUT2D eigenvalue weighted by atomic mass is 32.2. The molecule has 1 heterocycles. The van der Waals surface area contributed by atoms with Crippen molar-refractivity contribution in [1.29, 1.82) is 0 Å². The Bertz CT molecular complexity index is 888. The number of esters is 2. The van der Waals surface area contributed by atoms with E-state index in [0.717, 1.165) is 27.3 Å². The molecule has 0 atom stereocenters. The van der Waals surface area contributed by atoms with Crippen LogP contribution in [-0.2, 0) is 26.3 Å². The molecule has 0 bridgehead atoms. The van der Waals surface area contributed by atoms with Crippen molar-refractivity contribution < 1.29 is 19.1 Å². The number of benzene rings is 1. The number of carbonyl (C=O) groups is 2. The summed E-state index contributed by atoms with van der Waals surface area (Å²) < 4.78 is 10.5. The van der Waals surface area contributed by atoms with E-state index in [-0.39, 0.29) is 23.9 Å². The van der Waals surface area contributed by atoms with Crippen LogP contribution in [-0.4, -0.2) is 66.8 Å². The Morgan fingerprint density at radius 3 is 2.52 bits per heavy atom. The molecule has 0 spiro atoms. The molecule has 0 radical (unpaired) electrons. The lowest BCUT2D eigenvalue weighted by molar-refractivity contribution is -0.141. The molecule has 2 rings (SSSR count). The minimum atomic E-state index is -0.334. The van der Waals surface area contributed by atoms with Crippen LogP contribution in [0, 0.1) is 0 Å². The van der Waals surface area contributed by atoms with E-state index in [9.17, 15) is 9.59 Å². The van der Waals surface area contributed by atoms with Crippen LogP contribution in [0.2, 0.25) is 0 Å². The highest BCUT2D eigenvalue weighted by Crippen LogP contribution is 2.37. The topological polar surface area (TPSA) is 59.1 Å². The number of ether oxygens (including phenoxy) is 2. The van der Waals surface area contributed by atoms with E-state index in [1.165, 1.54) is 14.0 Å². The number of nitrogens with zero attached hydrogens (tertiary/aromatic N) is 2. The van der Waals surface area contributed by atoms with Crippen LogP contribution in [0.25, 0.3) is 6.08 Å². The second-order valence-corrected chi connectivity index (χ2v) is 10.3. The number of thiocarbonyl (C=S) groups is 1. The second-order valence-electron chi connectivity index (χ2n) is 8.80. The fourth-order valence-electron chi connectivity index (χ4n) is 3.29. The summed E-state index contributed by atoms with van der Waals surface area (Å²) in [6.07, 6.45) is 2.06. The number of carbonyl (C=O) groups excluding carboxylic acids is 2. The molecule has 1 aliphatic rings. The zero-order chi connectivity index (χ0) is 23.3. The van der Waals surface area contributed by atoms with E-state index in [0.29, 0.717) is 23.8 Å². The zero-order valence-electron chi connectivity index (χ0n) is 19.4. The highest BCUT2D eigenvalue weighted by molar-refractivity contribution is 8.05. The summed E-state index contributed by atoms with van der Waals surface area (Å²) >= 11 is 7.34. The second kappa shape index (κ2) is 10.6. The van der Waals surface area contributed by atoms with Crippen LogP contribution in [0.1, 0.15) is 44.4 Å². The van der Waals surface area contributed by atoms with Crippen LogP contribution < -0.4 is 4.74 Å². The van der Waals surface area contributed by atoms with Crippen LogP contribution in [0.4, 0.5) is 0 Å². The molecule has 0 unspecified atom stereocenters. The van der Waals surface area contributed by atoms with Gasteiger partial charge in [0.15, 0.2) is 0 Å². The molecule has 6 nitrogen and oxygen atoms in total. The lowest BCUT2D eigenvalue weighted by atomic mass is 9.83. The van der Waals surface area contributed by atoms with E-state index in [1.54, 1.807) is 11.8 Å². The van der Waals surface area contributed by atoms with Gasteiger partial charge in [-0.1, -0.05) is 33.0 Å². The Morgan fingerprint density at radius 2 is 1.97 bits per heavy atom. The molecule has 8 heteroatoms. The maximum Gasteiger partial charge on any atom is 0.325 e. The Balaban J connectivity index is 2.53. The van der Waals surface area contributed by atoms with Crippen LogP contribution in [0.3, 0.4) is 0 Å². The van der Waals surface area contributed by atoms with Gasteiger partial charge in [-0.2, -0.15) is 0 Å². The number of rotatable bonds is 6. The minimum absolute atomic E-state index is 0.151. The first-order valence-electron chi connectivity index (χ1n) is 10.1. The van der Waals surface area contributed by atoms with Gasteiger partial charge in [0.1, 0.15) is 17.3 Å². The lowest BCUT2D eigenvalue weighted by Gasteiger charge is -2.30. The number of thioether (sulfide) groups is 1. The van der Waals surface area contributed by atoms with Crippen LogP contribution in [0.15, 0.2) is 17.0 Å². The van der Waals surface area contributed by atoms with E-state index < -0.39 is 0 Å². The molecule has 1 aromatic carbocycles. The molecular formula is C23H32N2O4S2. The summed E-state index contributed by atoms with van der Waals surface area (Å²) in [5, 5.41) is 0. The Hall–Kier alpha value is -1.90. The SMILES string of the molecule is COC(=O)CN1CCSC(=Cc2cc(CN(C)C)c(OC(C)=O)c(C(C)(C)C)c2)C1=S. The summed E-state index contributed by atoms with van der Waals surface area (Å²) in [6, 6.07) is 4.11. The van der Waals surface area contributed by atoms with Crippen LogP contribution in [0.5, 0.6) is 5.75 Å². The summed E-state index contributed by atoms with van der Waals surface area (Å²) in [5.41, 5.74) is 2.67. The molecule has 1 aromatic rings. The highest BCUT2D eigenvalue weighted by Gasteiger charge is 2.26. The Labute approximate surface area is 194 Å². The monoisotopic (exact) mass is 464 g/mol. The summed E-state index contributed by atoms with van der Waals surface area (Å²) in [5.74, 6) is 0.828. The van der Waals surface area contributed by atoms with Crippen molar-refractivity contribution in [3.8, 4) is 5.75 Å². The van der Waals surface area contributed by atoms with E-state index in [4.69, 9.17) is 21.7 Å². The van der Waals surface area contributed by atoms with Crippen molar-refractivity contribution in [2.24, 2.45) is 0 Å². The van der Waals surface area contributed by atoms with Gasteiger partial charge >= 0.3 is 11.9 Å². The van der Waals surface area contributed by atoms with Crippen LogP contribution >= 0.6 is 24.0 Å². The third kappa shape index (κ3) is 7.05. The molecular weight excluding hydrogens is 432 g/mol. The largest absolute Gasteiger partial charge is 0.468 e. The van der Waals surface area contributed by atoms with Gasteiger partial charge in [0.25, 0.3) is 0 Å². The fraction of sp³-hybridized carbons (Fsp3) is 0.522. The summed E-state index contributed by atoms with van der Waals surface area (Å²) in [7, 11) is 5.35. The van der Waals surface area contributed by atoms with Crippen molar-refractivity contribution in [3.63, 3.8) is 0 Å². The molecule has 0 N–H and O–H groups in total. The quantitative estimate of drug-likeness (QED) is 0.272. The molecule has 31 heavy (non-hydrogen) atoms. The summed E-state index contributed by atoms with van der Waals surface area (Å²) in [4.78, 5) is 29.1. The standard InChI is InChI=1S/C23H32N2O4S2/c1-15(26)29-21-17(13-24(5)6)10-16(11-18(21)23(2,3)4)12-19-22(30)25(8-9-31-19)14-20(27)28-7/h10-12H,8-9,13-14H2,1-7H3. The third-order valence-corrected chi connectivity index (χ3v) is 6.31. The fourth-order valence-corrected chi connectivity index (χ4v) is 4.68. The van der Waals surface area contributed by atoms with Gasteiger partial charge in [0, 0.05) is 41.8 Å². The predicted molar refractivity (Wildman–Crippen MR) is 130 cm³/mol. The van der Waals surface area contributed by atoms with Gasteiger partial charge in [-0.3, -0.25) is 9.59 Å². The average molecular weight is 465 g/mol. The Kier molecular flexibility index (Phi) is 8.68. The molecule has 0 aliphatic carbocycles. The van der Waals surface area contributed by atoms with Crippen molar-refractivity contribution in [3.05, 3.63) is 33.7 Å². The maximum absolute atomic E-state index is 11.8. The Morgan fingerprint density at radius 1 is 1.29 bits per heavy atom. The lowest BCUT2D eigenvalue weighted by Crippen LogP contribution is -2.39. The maximum atomic E-state index is 11.8. The first-order chi connectivity index (χ1) is 14.4. The van der Waals surface area contributed by atoms with Gasteiger partial charge in [0.05, 0.1) is 7.11 Å². The molecule has 0 aromatic heterocycles. The number of hydrogen-bond acceptors (Lipinski definition) is 7. The molecule has 0 amide bonds. The first kappa shape index (κ1) is 25.4. The number of methoxy groups -OCH3 is 1. The molecule has 1 saturated heterocycles. The minimum Gasteiger partial charge on any atom is -0.468 e. The number of hydrogen-bond donors (Lipinski definition) is 0. The predicted octanol–water partition coefficient (Wildman–Crippen LogP) is 3.86. The molecule has 1 fully saturated rings. The smallest absolute Gasteiger partial charge is 0.325 e. The van der Waals surface area contributed by atoms with Gasteiger partial charge in [-0.25, -0.2) is 0 Å². The van der Waals surface area contributed by atoms with E-state index >= 15 is 0 Å². The van der Waals surface area contributed by atoms with Crippen molar-refractivity contribution in [2.45, 2.75) is 39.7 Å². The molecule has 0 saturated carbocycles. The molecule has 170 valence electrons. The van der Waals surface area contributed by atoms with Crippen molar-refractivity contribution in [2.75, 3.05) is 40.0 Å².